The summed E-state index contributed by atoms with van der Waals surface area (Å²) in [4.78, 5) is 46.8. The van der Waals surface area contributed by atoms with Gasteiger partial charge in [-0.3, -0.25) is 24.7 Å². The summed E-state index contributed by atoms with van der Waals surface area (Å²) in [7, 11) is 4.66. The maximum atomic E-state index is 14.3. The second-order valence-corrected chi connectivity index (χ2v) is 14.6. The van der Waals surface area contributed by atoms with Crippen molar-refractivity contribution in [2.75, 3.05) is 93.4 Å². The van der Waals surface area contributed by atoms with E-state index in [9.17, 15) is 14.4 Å². The molecular formula is C42H55N5O7. The van der Waals surface area contributed by atoms with E-state index in [0.29, 0.717) is 81.5 Å². The van der Waals surface area contributed by atoms with E-state index in [0.717, 1.165) is 38.0 Å². The molecule has 6 rings (SSSR count). The molecule has 54 heavy (non-hydrogen) atoms. The highest BCUT2D eigenvalue weighted by molar-refractivity contribution is 5.96. The smallest absolute Gasteiger partial charge is 0.320 e. The maximum Gasteiger partial charge on any atom is 0.320 e. The second kappa shape index (κ2) is 17.7. The molecule has 0 bridgehead atoms. The minimum absolute atomic E-state index is 0.0321. The number of likely N-dealkylation sites (tertiary alicyclic amines) is 2. The number of nitrogens with one attached hydrogen (secondary N) is 1. The average molecular weight is 742 g/mol. The van der Waals surface area contributed by atoms with E-state index < -0.39 is 5.41 Å². The standard InChI is InChI=1S/C42H55N5O7/c1-5-54-37(48)30-45-24-26-47(27-25-45)43-40(50)42(34-14-10-7-11-15-34)18-21-44(22-19-42)20-16-41(33-12-8-6-9-13-33)17-23-46(31-41)39(49)32-28-35(51-2)38(53-4)36(29-32)52-3/h6-15,28-29H,5,16-27,30-31H2,1-4H3,(H,43,50). The summed E-state index contributed by atoms with van der Waals surface area (Å²) in [5, 5.41) is 2.00. The second-order valence-electron chi connectivity index (χ2n) is 14.6. The lowest BCUT2D eigenvalue weighted by molar-refractivity contribution is -0.145. The topological polar surface area (TPSA) is 113 Å². The number of piperazine rings is 1. The Bertz CT molecular complexity index is 1700. The Kier molecular flexibility index (Phi) is 12.8. The van der Waals surface area contributed by atoms with Gasteiger partial charge in [0.05, 0.1) is 39.9 Å². The summed E-state index contributed by atoms with van der Waals surface area (Å²) in [6.45, 7) is 8.77. The van der Waals surface area contributed by atoms with Crippen molar-refractivity contribution in [3.63, 3.8) is 0 Å². The number of carbonyl (C=O) groups excluding carboxylic acids is 3. The van der Waals surface area contributed by atoms with Gasteiger partial charge in [0, 0.05) is 50.2 Å². The number of amides is 2. The quantitative estimate of drug-likeness (QED) is 0.242. The van der Waals surface area contributed by atoms with Crippen LogP contribution in [0.25, 0.3) is 0 Å². The minimum Gasteiger partial charge on any atom is -0.493 e. The molecule has 1 unspecified atom stereocenters. The third-order valence-electron chi connectivity index (χ3n) is 11.6. The van der Waals surface area contributed by atoms with Gasteiger partial charge >= 0.3 is 5.97 Å². The average Bonchev–Trinajstić information content (AvgIpc) is 3.66. The van der Waals surface area contributed by atoms with Crippen molar-refractivity contribution >= 4 is 17.8 Å². The van der Waals surface area contributed by atoms with Crippen LogP contribution in [0.5, 0.6) is 17.2 Å². The number of benzene rings is 3. The number of ether oxygens (including phenoxy) is 4. The predicted octanol–water partition coefficient (Wildman–Crippen LogP) is 4.13. The molecule has 3 aromatic carbocycles. The molecule has 3 aliphatic heterocycles. The Morgan fingerprint density at radius 3 is 1.91 bits per heavy atom. The summed E-state index contributed by atoms with van der Waals surface area (Å²) in [5.41, 5.74) is 5.19. The fraction of sp³-hybridized carbons (Fsp3) is 0.500. The number of hydrogen-bond donors (Lipinski definition) is 1. The first-order valence-corrected chi connectivity index (χ1v) is 19.1. The molecule has 3 heterocycles. The fourth-order valence-corrected chi connectivity index (χ4v) is 8.40. The van der Waals surface area contributed by atoms with Crippen LogP contribution in [0.4, 0.5) is 0 Å². The van der Waals surface area contributed by atoms with Gasteiger partial charge in [0.2, 0.25) is 11.7 Å². The van der Waals surface area contributed by atoms with Crippen LogP contribution in [0.2, 0.25) is 0 Å². The number of methoxy groups -OCH3 is 3. The van der Waals surface area contributed by atoms with E-state index >= 15 is 0 Å². The Morgan fingerprint density at radius 2 is 1.33 bits per heavy atom. The molecular weight excluding hydrogens is 686 g/mol. The number of nitrogens with zero attached hydrogens (tertiary/aromatic N) is 4. The maximum absolute atomic E-state index is 14.3. The van der Waals surface area contributed by atoms with Crippen LogP contribution in [-0.4, -0.2) is 131 Å². The molecule has 0 radical (unpaired) electrons. The Balaban J connectivity index is 1.12. The molecule has 2 amide bonds. The lowest BCUT2D eigenvalue weighted by Gasteiger charge is -2.43. The summed E-state index contributed by atoms with van der Waals surface area (Å²) < 4.78 is 21.7. The molecule has 3 aliphatic rings. The summed E-state index contributed by atoms with van der Waals surface area (Å²) in [6, 6.07) is 24.2. The summed E-state index contributed by atoms with van der Waals surface area (Å²) >= 11 is 0. The van der Waals surface area contributed by atoms with Crippen LogP contribution in [0.1, 0.15) is 54.1 Å². The third-order valence-corrected chi connectivity index (χ3v) is 11.6. The first-order valence-electron chi connectivity index (χ1n) is 19.1. The molecule has 3 aromatic rings. The van der Waals surface area contributed by atoms with Crippen molar-refractivity contribution in [1.82, 2.24) is 25.1 Å². The SMILES string of the molecule is CCOC(=O)CN1CCN(NC(=O)C2(c3ccccc3)CCN(CCC3(c4ccccc4)CCN(C(=O)c4cc(OC)c(OC)c(OC)c4)C3)CC2)CC1. The minimum atomic E-state index is -0.645. The van der Waals surface area contributed by atoms with Crippen LogP contribution < -0.4 is 19.6 Å². The Hall–Kier alpha value is -4.65. The van der Waals surface area contributed by atoms with Crippen LogP contribution in [0, 0.1) is 0 Å². The molecule has 12 heteroatoms. The van der Waals surface area contributed by atoms with Gasteiger partial charge in [0.15, 0.2) is 11.5 Å². The zero-order valence-corrected chi connectivity index (χ0v) is 32.2. The van der Waals surface area contributed by atoms with Gasteiger partial charge in [-0.25, -0.2) is 5.01 Å². The first-order chi connectivity index (χ1) is 26.2. The molecule has 0 spiro atoms. The van der Waals surface area contributed by atoms with Crippen molar-refractivity contribution in [3.05, 3.63) is 89.5 Å². The molecule has 290 valence electrons. The number of esters is 1. The van der Waals surface area contributed by atoms with E-state index in [1.807, 2.05) is 41.1 Å². The van der Waals surface area contributed by atoms with E-state index in [4.69, 9.17) is 18.9 Å². The molecule has 3 saturated heterocycles. The normalized spacial score (nSPS) is 20.6. The van der Waals surface area contributed by atoms with Crippen LogP contribution in [0.15, 0.2) is 72.8 Å². The molecule has 3 fully saturated rings. The molecule has 0 aromatic heterocycles. The Labute approximate surface area is 319 Å². The van der Waals surface area contributed by atoms with Gasteiger partial charge in [0.25, 0.3) is 5.91 Å². The van der Waals surface area contributed by atoms with Gasteiger partial charge in [-0.1, -0.05) is 60.7 Å². The van der Waals surface area contributed by atoms with Crippen LogP contribution in [-0.2, 0) is 25.2 Å². The molecule has 1 atom stereocenters. The van der Waals surface area contributed by atoms with Crippen LogP contribution in [0.3, 0.4) is 0 Å². The van der Waals surface area contributed by atoms with E-state index in [2.05, 4.69) is 51.6 Å². The number of piperidine rings is 1. The van der Waals surface area contributed by atoms with Crippen molar-refractivity contribution in [2.45, 2.75) is 43.4 Å². The van der Waals surface area contributed by atoms with Crippen molar-refractivity contribution in [3.8, 4) is 17.2 Å². The van der Waals surface area contributed by atoms with Crippen molar-refractivity contribution in [2.24, 2.45) is 0 Å². The van der Waals surface area contributed by atoms with E-state index in [1.165, 1.54) is 5.56 Å². The van der Waals surface area contributed by atoms with Gasteiger partial charge in [-0.2, -0.15) is 0 Å². The van der Waals surface area contributed by atoms with Gasteiger partial charge < -0.3 is 28.7 Å². The fourth-order valence-electron chi connectivity index (χ4n) is 8.40. The van der Waals surface area contributed by atoms with Gasteiger partial charge in [-0.15, -0.1) is 0 Å². The zero-order valence-electron chi connectivity index (χ0n) is 32.2. The molecule has 1 N–H and O–H groups in total. The largest absolute Gasteiger partial charge is 0.493 e. The highest BCUT2D eigenvalue weighted by Gasteiger charge is 2.45. The highest BCUT2D eigenvalue weighted by Crippen LogP contribution is 2.42. The lowest BCUT2D eigenvalue weighted by Crippen LogP contribution is -2.59. The van der Waals surface area contributed by atoms with E-state index in [-0.39, 0.29) is 29.7 Å². The Morgan fingerprint density at radius 1 is 0.722 bits per heavy atom. The van der Waals surface area contributed by atoms with Gasteiger partial charge in [-0.05, 0) is 75.5 Å². The zero-order chi connectivity index (χ0) is 38.1. The number of carbonyl (C=O) groups is 3. The van der Waals surface area contributed by atoms with Crippen molar-refractivity contribution in [1.29, 1.82) is 0 Å². The van der Waals surface area contributed by atoms with Crippen LogP contribution >= 0.6 is 0 Å². The lowest BCUT2D eigenvalue weighted by atomic mass is 9.71. The molecule has 0 saturated carbocycles. The number of hydrogen-bond acceptors (Lipinski definition) is 10. The molecule has 12 nitrogen and oxygen atoms in total. The van der Waals surface area contributed by atoms with Gasteiger partial charge in [0.1, 0.15) is 0 Å². The number of hydrazine groups is 1. The summed E-state index contributed by atoms with van der Waals surface area (Å²) in [6.07, 6.45) is 3.15. The first kappa shape index (κ1) is 39.1. The monoisotopic (exact) mass is 741 g/mol. The van der Waals surface area contributed by atoms with Crippen molar-refractivity contribution < 1.29 is 33.3 Å². The summed E-state index contributed by atoms with van der Waals surface area (Å²) in [5.74, 6) is 1.11. The highest BCUT2D eigenvalue weighted by atomic mass is 16.5. The third kappa shape index (κ3) is 8.51. The predicted molar refractivity (Wildman–Crippen MR) is 206 cm³/mol. The molecule has 0 aliphatic carbocycles. The van der Waals surface area contributed by atoms with E-state index in [1.54, 1.807) is 33.5 Å². The number of rotatable bonds is 14.